The summed E-state index contributed by atoms with van der Waals surface area (Å²) < 4.78 is 19.6. The van der Waals surface area contributed by atoms with E-state index in [4.69, 9.17) is 18.9 Å². The van der Waals surface area contributed by atoms with Gasteiger partial charge in [0.05, 0.1) is 26.4 Å². The van der Waals surface area contributed by atoms with Gasteiger partial charge in [0.25, 0.3) is 0 Å². The van der Waals surface area contributed by atoms with Gasteiger partial charge in [-0.3, -0.25) is 0 Å². The molecule has 0 aromatic carbocycles. The van der Waals surface area contributed by atoms with Gasteiger partial charge in [-0.1, -0.05) is 12.7 Å². The van der Waals surface area contributed by atoms with Crippen LogP contribution in [0.15, 0.2) is 24.8 Å². The Kier molecular flexibility index (Phi) is 6.64. The van der Waals surface area contributed by atoms with Crippen molar-refractivity contribution in [1.82, 2.24) is 0 Å². The van der Waals surface area contributed by atoms with E-state index in [-0.39, 0.29) is 12.1 Å². The fourth-order valence-electron chi connectivity index (χ4n) is 0.903. The van der Waals surface area contributed by atoms with Crippen molar-refractivity contribution in [3.63, 3.8) is 0 Å². The Balaban J connectivity index is 0.000000184. The summed E-state index contributed by atoms with van der Waals surface area (Å²) in [4.78, 5) is 10.7. The Labute approximate surface area is 107 Å². The average Bonchev–Trinajstić information content (AvgIpc) is 3.20. The number of hydrogen-bond donors (Lipinski definition) is 0. The standard InChI is InChI=1S/C7H10O3.C6H10O2/c1-5(2)7(8)10-4-6-3-9-6;1-2-3-7-4-6-5-8-6/h6H,1,3-4H2,2H3;2,6H,1,3-5H2. The van der Waals surface area contributed by atoms with Gasteiger partial charge in [-0.2, -0.15) is 0 Å². The van der Waals surface area contributed by atoms with Gasteiger partial charge in [-0.05, 0) is 6.92 Å². The molecule has 0 N–H and O–H groups in total. The van der Waals surface area contributed by atoms with E-state index in [0.29, 0.717) is 31.5 Å². The maximum Gasteiger partial charge on any atom is 0.333 e. The Morgan fingerprint density at radius 3 is 2.33 bits per heavy atom. The van der Waals surface area contributed by atoms with Crippen LogP contribution in [-0.2, 0) is 23.7 Å². The highest BCUT2D eigenvalue weighted by molar-refractivity contribution is 5.86. The molecule has 2 rings (SSSR count). The van der Waals surface area contributed by atoms with Gasteiger partial charge in [0.2, 0.25) is 0 Å². The molecule has 0 radical (unpaired) electrons. The van der Waals surface area contributed by atoms with Crippen LogP contribution in [0.1, 0.15) is 6.92 Å². The van der Waals surface area contributed by atoms with Gasteiger partial charge in [-0.15, -0.1) is 6.58 Å². The number of carbonyl (C=O) groups excluding carboxylic acids is 1. The quantitative estimate of drug-likeness (QED) is 0.224. The van der Waals surface area contributed by atoms with Crippen LogP contribution in [0.4, 0.5) is 0 Å². The van der Waals surface area contributed by atoms with Crippen molar-refractivity contribution in [1.29, 1.82) is 0 Å². The minimum atomic E-state index is -0.337. The Bertz CT molecular complexity index is 292. The fourth-order valence-corrected chi connectivity index (χ4v) is 0.903. The van der Waals surface area contributed by atoms with Crippen molar-refractivity contribution in [2.75, 3.05) is 33.0 Å². The molecular weight excluding hydrogens is 236 g/mol. The zero-order chi connectivity index (χ0) is 13.4. The van der Waals surface area contributed by atoms with Crippen LogP contribution in [0, 0.1) is 0 Å². The largest absolute Gasteiger partial charge is 0.459 e. The second-order valence-corrected chi connectivity index (χ2v) is 4.12. The molecule has 0 aromatic heterocycles. The van der Waals surface area contributed by atoms with Crippen LogP contribution < -0.4 is 0 Å². The second kappa shape index (κ2) is 8.02. The van der Waals surface area contributed by atoms with Crippen LogP contribution in [0.2, 0.25) is 0 Å². The smallest absolute Gasteiger partial charge is 0.333 e. The van der Waals surface area contributed by atoms with Crippen LogP contribution >= 0.6 is 0 Å². The molecule has 0 saturated carbocycles. The maximum atomic E-state index is 10.7. The summed E-state index contributed by atoms with van der Waals surface area (Å²) in [7, 11) is 0. The van der Waals surface area contributed by atoms with Crippen molar-refractivity contribution < 1.29 is 23.7 Å². The fraction of sp³-hybridized carbons (Fsp3) is 0.615. The van der Waals surface area contributed by atoms with E-state index in [1.54, 1.807) is 13.0 Å². The van der Waals surface area contributed by atoms with E-state index in [1.165, 1.54) is 0 Å². The topological polar surface area (TPSA) is 60.6 Å². The highest BCUT2D eigenvalue weighted by Gasteiger charge is 2.24. The maximum absolute atomic E-state index is 10.7. The molecule has 2 unspecified atom stereocenters. The van der Waals surface area contributed by atoms with Crippen LogP contribution in [0.3, 0.4) is 0 Å². The van der Waals surface area contributed by atoms with Crippen molar-refractivity contribution in [2.24, 2.45) is 0 Å². The van der Waals surface area contributed by atoms with Gasteiger partial charge < -0.3 is 18.9 Å². The minimum absolute atomic E-state index is 0.142. The summed E-state index contributed by atoms with van der Waals surface area (Å²) in [6.07, 6.45) is 2.26. The zero-order valence-corrected chi connectivity index (χ0v) is 10.7. The van der Waals surface area contributed by atoms with Gasteiger partial charge in [0, 0.05) is 5.57 Å². The molecule has 0 bridgehead atoms. The van der Waals surface area contributed by atoms with Crippen molar-refractivity contribution in [2.45, 2.75) is 19.1 Å². The highest BCUT2D eigenvalue weighted by atomic mass is 16.6. The lowest BCUT2D eigenvalue weighted by molar-refractivity contribution is -0.139. The summed E-state index contributed by atoms with van der Waals surface area (Å²) in [6, 6.07) is 0. The molecule has 0 aromatic rings. The van der Waals surface area contributed by atoms with Crippen molar-refractivity contribution in [3.05, 3.63) is 24.8 Å². The third-order valence-corrected chi connectivity index (χ3v) is 2.09. The number of carbonyl (C=O) groups is 1. The lowest BCUT2D eigenvalue weighted by atomic mass is 10.4. The van der Waals surface area contributed by atoms with Crippen LogP contribution in [0.5, 0.6) is 0 Å². The Morgan fingerprint density at radius 2 is 1.89 bits per heavy atom. The van der Waals surface area contributed by atoms with Crippen molar-refractivity contribution >= 4 is 5.97 Å². The first kappa shape index (κ1) is 14.9. The first-order valence-electron chi connectivity index (χ1n) is 5.88. The monoisotopic (exact) mass is 256 g/mol. The predicted molar refractivity (Wildman–Crippen MR) is 66.3 cm³/mol. The molecule has 0 amide bonds. The molecule has 2 aliphatic heterocycles. The van der Waals surface area contributed by atoms with Gasteiger partial charge in [0.1, 0.15) is 18.8 Å². The molecule has 0 spiro atoms. The number of ether oxygens (including phenoxy) is 4. The van der Waals surface area contributed by atoms with Gasteiger partial charge >= 0.3 is 5.97 Å². The molecule has 18 heavy (non-hydrogen) atoms. The third-order valence-electron chi connectivity index (χ3n) is 2.09. The van der Waals surface area contributed by atoms with Crippen LogP contribution in [-0.4, -0.2) is 51.2 Å². The van der Waals surface area contributed by atoms with E-state index >= 15 is 0 Å². The lowest BCUT2D eigenvalue weighted by Crippen LogP contribution is -2.09. The molecule has 2 aliphatic rings. The molecule has 2 saturated heterocycles. The highest BCUT2D eigenvalue weighted by Crippen LogP contribution is 2.09. The molecular formula is C13H20O5. The van der Waals surface area contributed by atoms with E-state index in [9.17, 15) is 4.79 Å². The van der Waals surface area contributed by atoms with E-state index < -0.39 is 0 Å². The molecule has 2 fully saturated rings. The Morgan fingerprint density at radius 1 is 1.33 bits per heavy atom. The zero-order valence-electron chi connectivity index (χ0n) is 10.7. The first-order chi connectivity index (χ1) is 8.63. The van der Waals surface area contributed by atoms with Gasteiger partial charge in [-0.25, -0.2) is 4.79 Å². The number of epoxide rings is 2. The number of hydrogen-bond acceptors (Lipinski definition) is 5. The normalized spacial score (nSPS) is 23.4. The molecule has 5 heteroatoms. The van der Waals surface area contributed by atoms with Crippen LogP contribution in [0.25, 0.3) is 0 Å². The molecule has 0 aliphatic carbocycles. The van der Waals surface area contributed by atoms with E-state index in [1.807, 2.05) is 0 Å². The summed E-state index contributed by atoms with van der Waals surface area (Å²) in [5.74, 6) is -0.337. The average molecular weight is 256 g/mol. The molecule has 102 valence electrons. The minimum Gasteiger partial charge on any atom is -0.459 e. The summed E-state index contributed by atoms with van der Waals surface area (Å²) >= 11 is 0. The van der Waals surface area contributed by atoms with Gasteiger partial charge in [0.15, 0.2) is 0 Å². The van der Waals surface area contributed by atoms with E-state index in [0.717, 1.165) is 13.2 Å². The second-order valence-electron chi connectivity index (χ2n) is 4.12. The molecule has 2 heterocycles. The van der Waals surface area contributed by atoms with Crippen molar-refractivity contribution in [3.8, 4) is 0 Å². The Hall–Kier alpha value is -1.17. The summed E-state index contributed by atoms with van der Waals surface area (Å²) in [5.41, 5.74) is 0.431. The first-order valence-corrected chi connectivity index (χ1v) is 5.88. The SMILES string of the molecule is C=C(C)C(=O)OCC1CO1.C=CCOCC1CO1. The summed E-state index contributed by atoms with van der Waals surface area (Å²) in [6.45, 7) is 11.9. The number of rotatable bonds is 7. The molecule has 2 atom stereocenters. The lowest BCUT2D eigenvalue weighted by Gasteiger charge is -1.99. The summed E-state index contributed by atoms with van der Waals surface area (Å²) in [5, 5.41) is 0. The predicted octanol–water partition coefficient (Wildman–Crippen LogP) is 1.09. The number of esters is 1. The molecule has 5 nitrogen and oxygen atoms in total. The van der Waals surface area contributed by atoms with E-state index in [2.05, 4.69) is 13.2 Å². The third kappa shape index (κ3) is 8.00.